The van der Waals surface area contributed by atoms with E-state index in [0.717, 1.165) is 57.8 Å². The predicted molar refractivity (Wildman–Crippen MR) is 172 cm³/mol. The molecular formula is C36H57NO10. The smallest absolute Gasteiger partial charge is 0.350 e. The molecule has 4 aliphatic rings. The van der Waals surface area contributed by atoms with Gasteiger partial charge in [-0.3, -0.25) is 19.3 Å². The van der Waals surface area contributed by atoms with Crippen LogP contribution in [-0.2, 0) is 42.9 Å². The van der Waals surface area contributed by atoms with Gasteiger partial charge in [-0.15, -0.1) is 0 Å². The Hall–Kier alpha value is -2.37. The molecule has 4 rings (SSSR count). The van der Waals surface area contributed by atoms with E-state index in [4.69, 9.17) is 18.9 Å². The lowest BCUT2D eigenvalue weighted by molar-refractivity contribution is -0.191. The summed E-state index contributed by atoms with van der Waals surface area (Å²) in [6, 6.07) is 0. The van der Waals surface area contributed by atoms with Crippen LogP contribution >= 0.6 is 0 Å². The lowest BCUT2D eigenvalue weighted by atomic mass is 9.44. The summed E-state index contributed by atoms with van der Waals surface area (Å²) in [5.41, 5.74) is -2.01. The van der Waals surface area contributed by atoms with Crippen LogP contribution in [0.4, 0.5) is 0 Å². The highest BCUT2D eigenvalue weighted by Gasteiger charge is 2.62. The highest BCUT2D eigenvalue weighted by Crippen LogP contribution is 2.68. The maximum absolute atomic E-state index is 12.9. The van der Waals surface area contributed by atoms with Crippen molar-refractivity contribution in [3.05, 3.63) is 0 Å². The molecular weight excluding hydrogens is 606 g/mol. The standard InChI is InChI=1S/C36H57NO10/c1-23(39)20-44-22-37(16-17-38)19-30(41)46-33(3,4)32(43)45-21-31(42)47-34(5)14-15-35(6)25(18-34)8-9-26-28-11-10-27(24(2)40)36(28,7)13-12-29(26)35/h25-29,38H,8-22H2,1-7H3/t25-,26-,27+,28-,29-,34+,35-,36+/m0/s1. The lowest BCUT2D eigenvalue weighted by Crippen LogP contribution is -2.56. The first-order chi connectivity index (χ1) is 21.9. The largest absolute Gasteiger partial charge is 0.457 e. The molecule has 0 radical (unpaired) electrons. The molecule has 0 saturated heterocycles. The fraction of sp³-hybridized carbons (Fsp3) is 0.861. The topological polar surface area (TPSA) is 146 Å². The molecule has 4 fully saturated rings. The van der Waals surface area contributed by atoms with E-state index in [-0.39, 0.29) is 55.6 Å². The molecule has 4 aliphatic carbocycles. The lowest BCUT2D eigenvalue weighted by Gasteiger charge is -2.62. The van der Waals surface area contributed by atoms with Gasteiger partial charge in [0.05, 0.1) is 13.2 Å². The Morgan fingerprint density at radius 3 is 2.21 bits per heavy atom. The summed E-state index contributed by atoms with van der Waals surface area (Å²) in [4.78, 5) is 63.3. The van der Waals surface area contributed by atoms with Gasteiger partial charge in [-0.2, -0.15) is 0 Å². The van der Waals surface area contributed by atoms with Crippen LogP contribution in [0.1, 0.15) is 106 Å². The van der Waals surface area contributed by atoms with Gasteiger partial charge in [-0.05, 0) is 127 Å². The average molecular weight is 664 g/mol. The zero-order valence-electron chi connectivity index (χ0n) is 29.6. The Bertz CT molecular complexity index is 1200. The molecule has 8 atom stereocenters. The van der Waals surface area contributed by atoms with Gasteiger partial charge in [0.25, 0.3) is 0 Å². The summed E-state index contributed by atoms with van der Waals surface area (Å²) in [6.45, 7) is 11.5. The van der Waals surface area contributed by atoms with E-state index >= 15 is 0 Å². The van der Waals surface area contributed by atoms with Gasteiger partial charge in [0.2, 0.25) is 5.60 Å². The number of carbonyl (C=O) groups excluding carboxylic acids is 5. The zero-order chi connectivity index (χ0) is 34.8. The van der Waals surface area contributed by atoms with Crippen LogP contribution < -0.4 is 0 Å². The molecule has 0 amide bonds. The molecule has 11 nitrogen and oxygen atoms in total. The maximum atomic E-state index is 12.9. The first-order valence-corrected chi connectivity index (χ1v) is 17.5. The molecule has 4 saturated carbocycles. The molecule has 1 N–H and O–H groups in total. The second-order valence-electron chi connectivity index (χ2n) is 16.1. The van der Waals surface area contributed by atoms with E-state index in [0.29, 0.717) is 29.5 Å². The van der Waals surface area contributed by atoms with Crippen molar-refractivity contribution in [3.63, 3.8) is 0 Å². The second kappa shape index (κ2) is 14.6. The van der Waals surface area contributed by atoms with Crippen molar-refractivity contribution in [2.75, 3.05) is 39.6 Å². The number of esters is 3. The highest BCUT2D eigenvalue weighted by molar-refractivity contribution is 5.85. The maximum Gasteiger partial charge on any atom is 0.350 e. The van der Waals surface area contributed by atoms with Gasteiger partial charge in [-0.25, -0.2) is 9.59 Å². The number of ether oxygens (including phenoxy) is 4. The number of hydrogen-bond donors (Lipinski definition) is 1. The van der Waals surface area contributed by atoms with Crippen molar-refractivity contribution in [3.8, 4) is 0 Å². The molecule has 47 heavy (non-hydrogen) atoms. The Morgan fingerprint density at radius 2 is 1.55 bits per heavy atom. The Balaban J connectivity index is 1.26. The van der Waals surface area contributed by atoms with E-state index in [2.05, 4.69) is 13.8 Å². The van der Waals surface area contributed by atoms with Crippen molar-refractivity contribution < 1.29 is 48.0 Å². The highest BCUT2D eigenvalue weighted by atomic mass is 16.6. The minimum Gasteiger partial charge on any atom is -0.457 e. The quantitative estimate of drug-likeness (QED) is 0.162. The average Bonchev–Trinajstić information content (AvgIpc) is 3.33. The molecule has 0 bridgehead atoms. The van der Waals surface area contributed by atoms with E-state index in [1.165, 1.54) is 25.7 Å². The van der Waals surface area contributed by atoms with Crippen molar-refractivity contribution in [1.29, 1.82) is 0 Å². The Morgan fingerprint density at radius 1 is 0.851 bits per heavy atom. The third kappa shape index (κ3) is 8.27. The molecule has 0 aromatic rings. The molecule has 0 aliphatic heterocycles. The molecule has 0 aromatic carbocycles. The summed E-state index contributed by atoms with van der Waals surface area (Å²) in [6.07, 6.45) is 9.20. The summed E-state index contributed by atoms with van der Waals surface area (Å²) >= 11 is 0. The summed E-state index contributed by atoms with van der Waals surface area (Å²) in [5, 5.41) is 9.27. The van der Waals surface area contributed by atoms with E-state index in [1.54, 1.807) is 6.92 Å². The van der Waals surface area contributed by atoms with E-state index < -0.39 is 35.7 Å². The van der Waals surface area contributed by atoms with E-state index in [9.17, 15) is 29.1 Å². The van der Waals surface area contributed by atoms with Gasteiger partial charge in [-0.1, -0.05) is 13.8 Å². The van der Waals surface area contributed by atoms with Gasteiger partial charge in [0, 0.05) is 12.5 Å². The molecule has 11 heteroatoms. The minimum atomic E-state index is -1.67. The van der Waals surface area contributed by atoms with Crippen LogP contribution in [0.25, 0.3) is 0 Å². The second-order valence-corrected chi connectivity index (χ2v) is 16.1. The number of hydrogen-bond acceptors (Lipinski definition) is 11. The van der Waals surface area contributed by atoms with Crippen molar-refractivity contribution in [2.24, 2.45) is 40.4 Å². The monoisotopic (exact) mass is 663 g/mol. The fourth-order valence-corrected chi connectivity index (χ4v) is 9.97. The third-order valence-corrected chi connectivity index (χ3v) is 12.3. The Labute approximate surface area is 279 Å². The number of aliphatic hydroxyl groups is 1. The van der Waals surface area contributed by atoms with Gasteiger partial charge in [0.15, 0.2) is 12.4 Å². The summed E-state index contributed by atoms with van der Waals surface area (Å²) < 4.78 is 21.8. The number of nitrogens with zero attached hydrogens (tertiary/aromatic N) is 1. The zero-order valence-corrected chi connectivity index (χ0v) is 29.6. The van der Waals surface area contributed by atoms with Crippen LogP contribution in [0.15, 0.2) is 0 Å². The minimum absolute atomic E-state index is 0.0759. The van der Waals surface area contributed by atoms with Gasteiger partial charge in [0.1, 0.15) is 24.7 Å². The van der Waals surface area contributed by atoms with Crippen LogP contribution in [0.2, 0.25) is 0 Å². The Kier molecular flexibility index (Phi) is 11.7. The molecule has 0 unspecified atom stereocenters. The third-order valence-electron chi connectivity index (χ3n) is 12.3. The summed E-state index contributed by atoms with van der Waals surface area (Å²) in [5.74, 6) is 0.437. The fourth-order valence-electron chi connectivity index (χ4n) is 9.97. The molecule has 0 spiro atoms. The molecule has 0 heterocycles. The number of carbonyl (C=O) groups is 5. The summed E-state index contributed by atoms with van der Waals surface area (Å²) in [7, 11) is 0. The predicted octanol–water partition coefficient (Wildman–Crippen LogP) is 4.26. The number of fused-ring (bicyclic) bond motifs is 5. The first-order valence-electron chi connectivity index (χ1n) is 17.5. The SMILES string of the molecule is CC(=O)COCN(CCO)CC(=O)OC(C)(C)C(=O)OCC(=O)O[C@]1(C)CC[C@@]2(C)[C@@H](CC[C@@H]3[C@@H]2CC[C@]2(C)[C@@H](C(C)=O)CC[C@@H]32)C1. The number of rotatable bonds is 14. The van der Waals surface area contributed by atoms with Crippen molar-refractivity contribution in [2.45, 2.75) is 117 Å². The number of Topliss-reactive ketones (excluding diaryl/α,β-unsaturated/α-hetero) is 2. The van der Waals surface area contributed by atoms with Crippen LogP contribution in [0, 0.1) is 40.4 Å². The normalized spacial score (nSPS) is 34.9. The van der Waals surface area contributed by atoms with Gasteiger partial charge >= 0.3 is 17.9 Å². The van der Waals surface area contributed by atoms with Crippen molar-refractivity contribution in [1.82, 2.24) is 4.90 Å². The number of ketones is 2. The van der Waals surface area contributed by atoms with Crippen LogP contribution in [-0.4, -0.2) is 90.3 Å². The van der Waals surface area contributed by atoms with Crippen molar-refractivity contribution >= 4 is 29.5 Å². The molecule has 0 aromatic heterocycles. The van der Waals surface area contributed by atoms with Crippen LogP contribution in [0.5, 0.6) is 0 Å². The van der Waals surface area contributed by atoms with E-state index in [1.807, 2.05) is 6.92 Å². The van der Waals surface area contributed by atoms with Crippen LogP contribution in [0.3, 0.4) is 0 Å². The van der Waals surface area contributed by atoms with Gasteiger partial charge < -0.3 is 24.1 Å². The first kappa shape index (κ1) is 37.4. The number of aliphatic hydroxyl groups excluding tert-OH is 1. The molecule has 266 valence electrons.